The van der Waals surface area contributed by atoms with Gasteiger partial charge in [-0.15, -0.1) is 11.8 Å². The van der Waals surface area contributed by atoms with Gasteiger partial charge >= 0.3 is 5.97 Å². The molecule has 0 bridgehead atoms. The minimum Gasteiger partial charge on any atom is -0.481 e. The lowest BCUT2D eigenvalue weighted by atomic mass is 9.85. The van der Waals surface area contributed by atoms with Crippen LogP contribution < -0.4 is 5.73 Å². The quantitative estimate of drug-likeness (QED) is 0.865. The molecule has 1 aliphatic carbocycles. The van der Waals surface area contributed by atoms with Gasteiger partial charge in [-0.3, -0.25) is 4.79 Å². The maximum absolute atomic E-state index is 11.1. The molecule has 0 radical (unpaired) electrons. The van der Waals surface area contributed by atoms with Crippen molar-refractivity contribution in [3.05, 3.63) is 30.3 Å². The number of rotatable bonds is 3. The number of hydrogen-bond donors (Lipinski definition) is 2. The standard InChI is InChI=1S/C13H17NO2S/c14-12-7-6-10(8-11(12)13(15)16)17-9-4-2-1-3-5-9/h1-5,10-12H,6-8,14H2,(H,15,16). The van der Waals surface area contributed by atoms with E-state index in [0.29, 0.717) is 11.7 Å². The van der Waals surface area contributed by atoms with Crippen molar-refractivity contribution in [2.45, 2.75) is 35.4 Å². The van der Waals surface area contributed by atoms with E-state index in [1.165, 1.54) is 4.90 Å². The van der Waals surface area contributed by atoms with Crippen molar-refractivity contribution in [1.82, 2.24) is 0 Å². The van der Waals surface area contributed by atoms with Crippen LogP contribution in [0.25, 0.3) is 0 Å². The van der Waals surface area contributed by atoms with Crippen LogP contribution in [0.3, 0.4) is 0 Å². The van der Waals surface area contributed by atoms with Crippen LogP contribution in [0.5, 0.6) is 0 Å². The number of benzene rings is 1. The molecule has 1 aromatic rings. The number of aliphatic carboxylic acids is 1. The first-order valence-electron chi connectivity index (χ1n) is 5.87. The zero-order valence-corrected chi connectivity index (χ0v) is 10.4. The summed E-state index contributed by atoms with van der Waals surface area (Å²) in [5.74, 6) is -1.14. The van der Waals surface area contributed by atoms with Gasteiger partial charge in [-0.2, -0.15) is 0 Å². The van der Waals surface area contributed by atoms with Crippen molar-refractivity contribution in [3.63, 3.8) is 0 Å². The monoisotopic (exact) mass is 251 g/mol. The van der Waals surface area contributed by atoms with Crippen LogP contribution in [0.1, 0.15) is 19.3 Å². The average Bonchev–Trinajstić information content (AvgIpc) is 2.32. The van der Waals surface area contributed by atoms with Gasteiger partial charge in [0.1, 0.15) is 0 Å². The Morgan fingerprint density at radius 1 is 1.29 bits per heavy atom. The Labute approximate surface area is 105 Å². The third-order valence-corrected chi connectivity index (χ3v) is 4.52. The maximum atomic E-state index is 11.1. The van der Waals surface area contributed by atoms with Gasteiger partial charge in [0.2, 0.25) is 0 Å². The maximum Gasteiger partial charge on any atom is 0.308 e. The molecule has 92 valence electrons. The van der Waals surface area contributed by atoms with Crippen molar-refractivity contribution >= 4 is 17.7 Å². The highest BCUT2D eigenvalue weighted by atomic mass is 32.2. The third-order valence-electron chi connectivity index (χ3n) is 3.22. The van der Waals surface area contributed by atoms with Crippen molar-refractivity contribution in [2.24, 2.45) is 11.7 Å². The van der Waals surface area contributed by atoms with Crippen molar-refractivity contribution in [2.75, 3.05) is 0 Å². The summed E-state index contributed by atoms with van der Waals surface area (Å²) in [5.41, 5.74) is 5.85. The van der Waals surface area contributed by atoms with Crippen molar-refractivity contribution < 1.29 is 9.90 Å². The van der Waals surface area contributed by atoms with Gasteiger partial charge in [-0.25, -0.2) is 0 Å². The van der Waals surface area contributed by atoms with Crippen LogP contribution in [-0.2, 0) is 4.79 Å². The van der Waals surface area contributed by atoms with E-state index in [1.54, 1.807) is 11.8 Å². The van der Waals surface area contributed by atoms with E-state index in [4.69, 9.17) is 10.8 Å². The van der Waals surface area contributed by atoms with Crippen molar-refractivity contribution in [3.8, 4) is 0 Å². The average molecular weight is 251 g/mol. The van der Waals surface area contributed by atoms with Crippen LogP contribution in [0.15, 0.2) is 35.2 Å². The fourth-order valence-electron chi connectivity index (χ4n) is 2.24. The Bertz CT molecular complexity index is 382. The summed E-state index contributed by atoms with van der Waals surface area (Å²) >= 11 is 1.77. The van der Waals surface area contributed by atoms with Crippen LogP contribution in [0, 0.1) is 5.92 Å². The second kappa shape index (κ2) is 5.56. The molecule has 1 fully saturated rings. The summed E-state index contributed by atoms with van der Waals surface area (Å²) in [6.07, 6.45) is 2.49. The SMILES string of the molecule is NC1CCC(Sc2ccccc2)CC1C(=O)O. The molecule has 1 saturated carbocycles. The van der Waals surface area contributed by atoms with E-state index in [9.17, 15) is 4.79 Å². The van der Waals surface area contributed by atoms with E-state index in [2.05, 4.69) is 12.1 Å². The van der Waals surface area contributed by atoms with Gasteiger partial charge < -0.3 is 10.8 Å². The summed E-state index contributed by atoms with van der Waals surface area (Å²) in [5, 5.41) is 9.48. The van der Waals surface area contributed by atoms with Crippen LogP contribution >= 0.6 is 11.8 Å². The highest BCUT2D eigenvalue weighted by Gasteiger charge is 2.33. The number of carbonyl (C=O) groups is 1. The fourth-order valence-corrected chi connectivity index (χ4v) is 3.49. The summed E-state index contributed by atoms with van der Waals surface area (Å²) in [6, 6.07) is 9.95. The summed E-state index contributed by atoms with van der Waals surface area (Å²) < 4.78 is 0. The number of hydrogen-bond acceptors (Lipinski definition) is 3. The highest BCUT2D eigenvalue weighted by molar-refractivity contribution is 8.00. The Morgan fingerprint density at radius 3 is 2.65 bits per heavy atom. The summed E-state index contributed by atoms with van der Waals surface area (Å²) in [7, 11) is 0. The molecule has 0 saturated heterocycles. The predicted octanol–water partition coefficient (Wildman–Crippen LogP) is 2.36. The van der Waals surface area contributed by atoms with Crippen LogP contribution in [0.4, 0.5) is 0 Å². The number of carboxylic acid groups (broad SMARTS) is 1. The molecule has 1 aromatic carbocycles. The van der Waals surface area contributed by atoms with Gasteiger partial charge in [0.05, 0.1) is 5.92 Å². The first kappa shape index (κ1) is 12.5. The second-order valence-electron chi connectivity index (χ2n) is 4.47. The number of thioether (sulfide) groups is 1. The van der Waals surface area contributed by atoms with E-state index in [-0.39, 0.29) is 12.0 Å². The molecule has 0 spiro atoms. The van der Waals surface area contributed by atoms with E-state index < -0.39 is 5.97 Å². The van der Waals surface area contributed by atoms with E-state index in [1.807, 2.05) is 18.2 Å². The Kier molecular flexibility index (Phi) is 4.07. The zero-order valence-electron chi connectivity index (χ0n) is 9.58. The van der Waals surface area contributed by atoms with Crippen LogP contribution in [-0.4, -0.2) is 22.4 Å². The number of carboxylic acids is 1. The molecule has 3 N–H and O–H groups in total. The molecule has 3 unspecified atom stereocenters. The molecule has 3 nitrogen and oxygen atoms in total. The lowest BCUT2D eigenvalue weighted by Gasteiger charge is -2.31. The minimum absolute atomic E-state index is 0.180. The molecular formula is C13H17NO2S. The first-order valence-corrected chi connectivity index (χ1v) is 6.75. The van der Waals surface area contributed by atoms with Gasteiger partial charge in [0.25, 0.3) is 0 Å². The molecule has 0 aromatic heterocycles. The smallest absolute Gasteiger partial charge is 0.308 e. The Balaban J connectivity index is 1.97. The topological polar surface area (TPSA) is 63.3 Å². The lowest BCUT2D eigenvalue weighted by molar-refractivity contribution is -0.143. The molecule has 3 atom stereocenters. The Hall–Kier alpha value is -1.00. The predicted molar refractivity (Wildman–Crippen MR) is 69.0 cm³/mol. The van der Waals surface area contributed by atoms with E-state index in [0.717, 1.165) is 12.8 Å². The molecule has 17 heavy (non-hydrogen) atoms. The third kappa shape index (κ3) is 3.23. The minimum atomic E-state index is -0.754. The molecule has 0 heterocycles. The Morgan fingerprint density at radius 2 is 2.00 bits per heavy atom. The second-order valence-corrected chi connectivity index (χ2v) is 5.85. The fraction of sp³-hybridized carbons (Fsp3) is 0.462. The van der Waals surface area contributed by atoms with Gasteiger partial charge in [-0.05, 0) is 31.4 Å². The molecule has 2 rings (SSSR count). The van der Waals surface area contributed by atoms with Gasteiger partial charge in [0, 0.05) is 16.2 Å². The highest BCUT2D eigenvalue weighted by Crippen LogP contribution is 2.35. The normalized spacial score (nSPS) is 28.9. The number of nitrogens with two attached hydrogens (primary N) is 1. The molecule has 0 aliphatic heterocycles. The first-order chi connectivity index (χ1) is 8.16. The largest absolute Gasteiger partial charge is 0.481 e. The summed E-state index contributed by atoms with van der Waals surface area (Å²) in [6.45, 7) is 0. The lowest BCUT2D eigenvalue weighted by Crippen LogP contribution is -2.41. The molecule has 4 heteroatoms. The van der Waals surface area contributed by atoms with Crippen LogP contribution in [0.2, 0.25) is 0 Å². The summed E-state index contributed by atoms with van der Waals surface area (Å²) in [4.78, 5) is 12.3. The van der Waals surface area contributed by atoms with E-state index >= 15 is 0 Å². The van der Waals surface area contributed by atoms with Gasteiger partial charge in [-0.1, -0.05) is 18.2 Å². The zero-order chi connectivity index (χ0) is 12.3. The van der Waals surface area contributed by atoms with Gasteiger partial charge in [0.15, 0.2) is 0 Å². The van der Waals surface area contributed by atoms with Crippen molar-refractivity contribution in [1.29, 1.82) is 0 Å². The molecule has 0 amide bonds. The molecule has 1 aliphatic rings. The molecular weight excluding hydrogens is 234 g/mol.